The van der Waals surface area contributed by atoms with E-state index in [-0.39, 0.29) is 29.2 Å². The van der Waals surface area contributed by atoms with Gasteiger partial charge in [-0.05, 0) is 37.0 Å². The summed E-state index contributed by atoms with van der Waals surface area (Å²) in [6.07, 6.45) is 3.63. The maximum atomic E-state index is 13.2. The molecule has 1 aliphatic rings. The Morgan fingerprint density at radius 1 is 1.17 bits per heavy atom. The second-order valence-corrected chi connectivity index (χ2v) is 9.72. The van der Waals surface area contributed by atoms with E-state index in [1.807, 2.05) is 49.4 Å². The van der Waals surface area contributed by atoms with Crippen LogP contribution in [0.15, 0.2) is 59.6 Å². The van der Waals surface area contributed by atoms with E-state index in [1.165, 1.54) is 0 Å². The zero-order valence-corrected chi connectivity index (χ0v) is 17.8. The highest BCUT2D eigenvalue weighted by atomic mass is 32.2. The monoisotopic (exact) mass is 426 g/mol. The molecule has 1 fully saturated rings. The number of benzene rings is 2. The fourth-order valence-electron chi connectivity index (χ4n) is 3.89. The van der Waals surface area contributed by atoms with Gasteiger partial charge in [0.05, 0.1) is 16.8 Å². The van der Waals surface area contributed by atoms with Crippen LogP contribution >= 0.6 is 0 Å². The van der Waals surface area contributed by atoms with E-state index in [9.17, 15) is 13.2 Å². The number of carbonyl (C=O) groups is 1. The van der Waals surface area contributed by atoms with Crippen LogP contribution in [0.5, 0.6) is 0 Å². The Hall–Kier alpha value is -2.64. The summed E-state index contributed by atoms with van der Waals surface area (Å²) in [4.78, 5) is 12.7. The number of para-hydroxylation sites is 1. The fourth-order valence-corrected chi connectivity index (χ4v) is 5.57. The molecule has 1 N–H and O–H groups in total. The summed E-state index contributed by atoms with van der Waals surface area (Å²) >= 11 is 0. The van der Waals surface area contributed by atoms with E-state index in [0.29, 0.717) is 11.9 Å². The van der Waals surface area contributed by atoms with Crippen LogP contribution in [0.3, 0.4) is 0 Å². The smallest absolute Gasteiger partial charge is 0.240 e. The van der Waals surface area contributed by atoms with E-state index >= 15 is 0 Å². The number of ether oxygens (including phenoxy) is 1. The zero-order valence-electron chi connectivity index (χ0n) is 17.0. The van der Waals surface area contributed by atoms with Crippen molar-refractivity contribution in [2.24, 2.45) is 0 Å². The molecule has 7 heteroatoms. The molecule has 2 aromatic carbocycles. The summed E-state index contributed by atoms with van der Waals surface area (Å²) in [6.45, 7) is 3.20. The standard InChI is InChI=1S/C23H26N2O4S/c1-17-7-2-3-8-18(17)16-30(27,28)22-14-25(21-11-5-4-10-20(21)22)15-23(26)24-13-19-9-6-12-29-19/h2-5,7-8,10-11,14,19H,6,9,12-13,15-16H2,1H3,(H,24,26). The molecule has 2 heterocycles. The predicted octanol–water partition coefficient (Wildman–Crippen LogP) is 3.22. The van der Waals surface area contributed by atoms with Crippen molar-refractivity contribution in [1.82, 2.24) is 9.88 Å². The number of rotatable bonds is 7. The largest absolute Gasteiger partial charge is 0.376 e. The minimum Gasteiger partial charge on any atom is -0.376 e. The average molecular weight is 427 g/mol. The van der Waals surface area contributed by atoms with Gasteiger partial charge in [-0.2, -0.15) is 0 Å². The molecule has 1 unspecified atom stereocenters. The molecule has 6 nitrogen and oxygen atoms in total. The maximum Gasteiger partial charge on any atom is 0.240 e. The highest BCUT2D eigenvalue weighted by molar-refractivity contribution is 7.90. The summed E-state index contributed by atoms with van der Waals surface area (Å²) in [7, 11) is -3.58. The van der Waals surface area contributed by atoms with Crippen molar-refractivity contribution in [3.63, 3.8) is 0 Å². The third kappa shape index (κ3) is 4.42. The molecule has 158 valence electrons. The van der Waals surface area contributed by atoms with Gasteiger partial charge in [0.15, 0.2) is 9.84 Å². The van der Waals surface area contributed by atoms with Crippen LogP contribution in [0.4, 0.5) is 0 Å². The Morgan fingerprint density at radius 2 is 1.93 bits per heavy atom. The summed E-state index contributed by atoms with van der Waals surface area (Å²) in [5.74, 6) is -0.229. The van der Waals surface area contributed by atoms with Crippen LogP contribution < -0.4 is 5.32 Å². The Kier molecular flexibility index (Phi) is 5.92. The number of fused-ring (bicyclic) bond motifs is 1. The third-order valence-electron chi connectivity index (χ3n) is 5.56. The van der Waals surface area contributed by atoms with Gasteiger partial charge in [-0.15, -0.1) is 0 Å². The zero-order chi connectivity index (χ0) is 21.1. The number of nitrogens with zero attached hydrogens (tertiary/aromatic N) is 1. The van der Waals surface area contributed by atoms with Gasteiger partial charge < -0.3 is 14.6 Å². The second-order valence-electron chi connectivity index (χ2n) is 7.76. The molecule has 1 saturated heterocycles. The van der Waals surface area contributed by atoms with Crippen LogP contribution in [-0.4, -0.2) is 38.1 Å². The number of sulfone groups is 1. The first-order valence-corrected chi connectivity index (χ1v) is 11.8. The summed E-state index contributed by atoms with van der Waals surface area (Å²) in [5.41, 5.74) is 2.45. The summed E-state index contributed by atoms with van der Waals surface area (Å²) in [5, 5.41) is 3.54. The van der Waals surface area contributed by atoms with Gasteiger partial charge in [0, 0.05) is 30.3 Å². The van der Waals surface area contributed by atoms with Crippen molar-refractivity contribution in [2.45, 2.75) is 43.1 Å². The molecular weight excluding hydrogens is 400 g/mol. The van der Waals surface area contributed by atoms with E-state index in [4.69, 9.17) is 4.74 Å². The second kappa shape index (κ2) is 8.62. The van der Waals surface area contributed by atoms with Gasteiger partial charge in [-0.25, -0.2) is 8.42 Å². The number of hydrogen-bond acceptors (Lipinski definition) is 4. The Bertz CT molecular complexity index is 1160. The lowest BCUT2D eigenvalue weighted by atomic mass is 10.1. The van der Waals surface area contributed by atoms with Crippen molar-refractivity contribution in [3.8, 4) is 0 Å². The Morgan fingerprint density at radius 3 is 2.70 bits per heavy atom. The highest BCUT2D eigenvalue weighted by Gasteiger charge is 2.23. The molecule has 1 aromatic heterocycles. The van der Waals surface area contributed by atoms with Crippen molar-refractivity contribution in [1.29, 1.82) is 0 Å². The lowest BCUT2D eigenvalue weighted by Gasteiger charge is -2.11. The first-order chi connectivity index (χ1) is 14.4. The SMILES string of the molecule is Cc1ccccc1CS(=O)(=O)c1cn(CC(=O)NCC2CCCO2)c2ccccc12. The van der Waals surface area contributed by atoms with Gasteiger partial charge in [-0.3, -0.25) is 4.79 Å². The molecule has 0 aliphatic carbocycles. The minimum absolute atomic E-state index is 0.0626. The van der Waals surface area contributed by atoms with Crippen molar-refractivity contribution in [2.75, 3.05) is 13.2 Å². The topological polar surface area (TPSA) is 77.4 Å². The molecule has 0 spiro atoms. The molecule has 1 aliphatic heterocycles. The first kappa shape index (κ1) is 20.6. The molecule has 4 rings (SSSR count). The molecule has 1 atom stereocenters. The van der Waals surface area contributed by atoms with Gasteiger partial charge in [-0.1, -0.05) is 42.5 Å². The van der Waals surface area contributed by atoms with E-state index < -0.39 is 9.84 Å². The molecule has 0 bridgehead atoms. The third-order valence-corrected chi connectivity index (χ3v) is 7.25. The van der Waals surface area contributed by atoms with Crippen LogP contribution in [0.1, 0.15) is 24.0 Å². The van der Waals surface area contributed by atoms with Gasteiger partial charge in [0.2, 0.25) is 5.91 Å². The number of aromatic nitrogens is 1. The molecule has 3 aromatic rings. The average Bonchev–Trinajstić information content (AvgIpc) is 3.37. The van der Waals surface area contributed by atoms with Crippen LogP contribution in [0.2, 0.25) is 0 Å². The quantitative estimate of drug-likeness (QED) is 0.629. The number of amides is 1. The first-order valence-electron chi connectivity index (χ1n) is 10.2. The van der Waals surface area contributed by atoms with Crippen LogP contribution in [0.25, 0.3) is 10.9 Å². The summed E-state index contributed by atoms with van der Waals surface area (Å²) < 4.78 is 33.7. The number of carbonyl (C=O) groups excluding carboxylic acids is 1. The van der Waals surface area contributed by atoms with Crippen molar-refractivity contribution >= 4 is 26.6 Å². The Labute approximate surface area is 176 Å². The van der Waals surface area contributed by atoms with E-state index in [0.717, 1.165) is 36.1 Å². The van der Waals surface area contributed by atoms with Crippen LogP contribution in [0, 0.1) is 6.92 Å². The van der Waals surface area contributed by atoms with Gasteiger partial charge >= 0.3 is 0 Å². The van der Waals surface area contributed by atoms with Crippen molar-refractivity contribution in [3.05, 3.63) is 65.9 Å². The fraction of sp³-hybridized carbons (Fsp3) is 0.348. The molecule has 1 amide bonds. The van der Waals surface area contributed by atoms with Gasteiger partial charge in [0.1, 0.15) is 6.54 Å². The summed E-state index contributed by atoms with van der Waals surface area (Å²) in [6, 6.07) is 14.8. The number of aryl methyl sites for hydroxylation is 1. The molecule has 0 saturated carbocycles. The van der Waals surface area contributed by atoms with E-state index in [1.54, 1.807) is 16.8 Å². The van der Waals surface area contributed by atoms with Gasteiger partial charge in [0.25, 0.3) is 0 Å². The van der Waals surface area contributed by atoms with Crippen LogP contribution in [-0.2, 0) is 31.7 Å². The van der Waals surface area contributed by atoms with Crippen molar-refractivity contribution < 1.29 is 17.9 Å². The minimum atomic E-state index is -3.58. The normalized spacial score (nSPS) is 16.8. The molecule has 0 radical (unpaired) electrons. The lowest BCUT2D eigenvalue weighted by Crippen LogP contribution is -2.34. The Balaban J connectivity index is 1.58. The highest BCUT2D eigenvalue weighted by Crippen LogP contribution is 2.28. The van der Waals surface area contributed by atoms with E-state index in [2.05, 4.69) is 5.32 Å². The molecule has 30 heavy (non-hydrogen) atoms. The lowest BCUT2D eigenvalue weighted by molar-refractivity contribution is -0.122. The molecular formula is C23H26N2O4S. The maximum absolute atomic E-state index is 13.2. The predicted molar refractivity (Wildman–Crippen MR) is 116 cm³/mol. The number of nitrogens with one attached hydrogen (secondary N) is 1. The number of hydrogen-bond donors (Lipinski definition) is 1.